The van der Waals surface area contributed by atoms with Crippen LogP contribution in [-0.2, 0) is 0 Å². The number of pyridine rings is 1. The third-order valence-corrected chi connectivity index (χ3v) is 5.46. The molecule has 0 unspecified atom stereocenters. The van der Waals surface area contributed by atoms with E-state index >= 15 is 0 Å². The highest BCUT2D eigenvalue weighted by atomic mass is 35.5. The summed E-state index contributed by atoms with van der Waals surface area (Å²) in [5.74, 6) is 0.0944. The largest absolute Gasteiger partial charge is 0.333 e. The normalized spacial score (nSPS) is 20.8. The highest BCUT2D eigenvalue weighted by Gasteiger charge is 2.33. The second kappa shape index (κ2) is 7.45. The molecule has 3 nitrogen and oxygen atoms in total. The first-order valence-electron chi connectivity index (χ1n) is 8.70. The number of carbonyl (C=O) groups excluding carboxylic acids is 1. The molecule has 4 heteroatoms. The summed E-state index contributed by atoms with van der Waals surface area (Å²) in [4.78, 5) is 19.4. The maximum atomic E-state index is 13.2. The van der Waals surface area contributed by atoms with Crippen molar-refractivity contribution in [1.29, 1.82) is 0 Å². The fourth-order valence-corrected chi connectivity index (χ4v) is 4.23. The van der Waals surface area contributed by atoms with Crippen molar-refractivity contribution in [3.8, 4) is 0 Å². The Balaban J connectivity index is 1.86. The van der Waals surface area contributed by atoms with Crippen LogP contribution in [0.1, 0.15) is 74.6 Å². The number of hydrogen-bond acceptors (Lipinski definition) is 2. The molecule has 0 aromatic carbocycles. The molecule has 2 aliphatic carbocycles. The minimum atomic E-state index is 0.0944. The van der Waals surface area contributed by atoms with Crippen molar-refractivity contribution in [2.24, 2.45) is 0 Å². The van der Waals surface area contributed by atoms with Gasteiger partial charge in [0.15, 0.2) is 0 Å². The third kappa shape index (κ3) is 3.45. The van der Waals surface area contributed by atoms with Crippen LogP contribution in [0.5, 0.6) is 0 Å². The molecule has 0 atom stereocenters. The van der Waals surface area contributed by atoms with Gasteiger partial charge in [-0.15, -0.1) is 0 Å². The second-order valence-corrected chi connectivity index (χ2v) is 7.00. The van der Waals surface area contributed by atoms with Crippen molar-refractivity contribution in [2.75, 3.05) is 0 Å². The first kappa shape index (κ1) is 15.8. The van der Waals surface area contributed by atoms with Crippen LogP contribution in [0.25, 0.3) is 0 Å². The number of rotatable bonds is 3. The number of hydrogen-bond donors (Lipinski definition) is 0. The standard InChI is InChI=1S/C18H25ClN2O/c19-17-16(12-7-13-20-17)18(22)21(14-8-3-1-4-9-14)15-10-5-2-6-11-15/h7,12-15H,1-6,8-11H2. The van der Waals surface area contributed by atoms with Crippen LogP contribution in [0, 0.1) is 0 Å². The topological polar surface area (TPSA) is 33.2 Å². The van der Waals surface area contributed by atoms with Gasteiger partial charge in [-0.2, -0.15) is 0 Å². The highest BCUT2D eigenvalue weighted by Crippen LogP contribution is 2.32. The van der Waals surface area contributed by atoms with Gasteiger partial charge in [-0.1, -0.05) is 50.1 Å². The number of aromatic nitrogens is 1. The maximum absolute atomic E-state index is 13.2. The number of halogens is 1. The van der Waals surface area contributed by atoms with Crippen molar-refractivity contribution in [3.63, 3.8) is 0 Å². The predicted octanol–water partition coefficient (Wildman–Crippen LogP) is 4.84. The summed E-state index contributed by atoms with van der Waals surface area (Å²) in [7, 11) is 0. The van der Waals surface area contributed by atoms with E-state index in [-0.39, 0.29) is 5.91 Å². The van der Waals surface area contributed by atoms with Crippen LogP contribution in [-0.4, -0.2) is 27.9 Å². The van der Waals surface area contributed by atoms with E-state index in [0.717, 1.165) is 25.7 Å². The second-order valence-electron chi connectivity index (χ2n) is 6.64. The van der Waals surface area contributed by atoms with Crippen molar-refractivity contribution in [1.82, 2.24) is 9.88 Å². The van der Waals surface area contributed by atoms with Gasteiger partial charge in [0.2, 0.25) is 0 Å². The summed E-state index contributed by atoms with van der Waals surface area (Å²) >= 11 is 6.18. The molecule has 22 heavy (non-hydrogen) atoms. The molecule has 3 rings (SSSR count). The Morgan fingerprint density at radius 2 is 1.55 bits per heavy atom. The molecule has 2 aliphatic rings. The molecule has 2 saturated carbocycles. The zero-order chi connectivity index (χ0) is 15.4. The smallest absolute Gasteiger partial charge is 0.257 e. The fourth-order valence-electron chi connectivity index (χ4n) is 4.03. The van der Waals surface area contributed by atoms with Crippen molar-refractivity contribution < 1.29 is 4.79 Å². The van der Waals surface area contributed by atoms with Crippen LogP contribution in [0.4, 0.5) is 0 Å². The Kier molecular flexibility index (Phi) is 5.35. The molecule has 120 valence electrons. The molecule has 0 radical (unpaired) electrons. The van der Waals surface area contributed by atoms with Crippen LogP contribution in [0.15, 0.2) is 18.3 Å². The molecule has 1 amide bonds. The van der Waals surface area contributed by atoms with Crippen LogP contribution in [0.2, 0.25) is 5.15 Å². The first-order chi connectivity index (χ1) is 10.8. The summed E-state index contributed by atoms with van der Waals surface area (Å²) < 4.78 is 0. The van der Waals surface area contributed by atoms with E-state index < -0.39 is 0 Å². The van der Waals surface area contributed by atoms with Crippen molar-refractivity contribution in [3.05, 3.63) is 29.0 Å². The Morgan fingerprint density at radius 3 is 2.05 bits per heavy atom. The van der Waals surface area contributed by atoms with E-state index in [2.05, 4.69) is 9.88 Å². The molecular weight excluding hydrogens is 296 g/mol. The van der Waals surface area contributed by atoms with E-state index in [1.165, 1.54) is 38.5 Å². The minimum absolute atomic E-state index is 0.0944. The molecule has 0 N–H and O–H groups in total. The lowest BCUT2D eigenvalue weighted by atomic mass is 9.88. The first-order valence-corrected chi connectivity index (χ1v) is 9.08. The van der Waals surface area contributed by atoms with Crippen molar-refractivity contribution >= 4 is 17.5 Å². The van der Waals surface area contributed by atoms with Gasteiger partial charge < -0.3 is 4.90 Å². The lowest BCUT2D eigenvalue weighted by Crippen LogP contribution is -2.48. The summed E-state index contributed by atoms with van der Waals surface area (Å²) in [6, 6.07) is 4.40. The Hall–Kier alpha value is -1.09. The van der Waals surface area contributed by atoms with Crippen LogP contribution >= 0.6 is 11.6 Å². The van der Waals surface area contributed by atoms with Gasteiger partial charge in [-0.05, 0) is 37.8 Å². The van der Waals surface area contributed by atoms with E-state index in [4.69, 9.17) is 11.6 Å². The fraction of sp³-hybridized carbons (Fsp3) is 0.667. The summed E-state index contributed by atoms with van der Waals surface area (Å²) in [5.41, 5.74) is 0.570. The number of carbonyl (C=O) groups is 1. The van der Waals surface area contributed by atoms with Gasteiger partial charge in [0, 0.05) is 18.3 Å². The number of nitrogens with zero attached hydrogens (tertiary/aromatic N) is 2. The molecule has 0 aliphatic heterocycles. The van der Waals surface area contributed by atoms with Gasteiger partial charge in [-0.25, -0.2) is 4.98 Å². The zero-order valence-electron chi connectivity index (χ0n) is 13.1. The van der Waals surface area contributed by atoms with Crippen LogP contribution in [0.3, 0.4) is 0 Å². The monoisotopic (exact) mass is 320 g/mol. The molecule has 0 saturated heterocycles. The Morgan fingerprint density at radius 1 is 1.00 bits per heavy atom. The molecule has 0 bridgehead atoms. The predicted molar refractivity (Wildman–Crippen MR) is 89.2 cm³/mol. The third-order valence-electron chi connectivity index (χ3n) is 5.16. The van der Waals surface area contributed by atoms with Gasteiger partial charge in [-0.3, -0.25) is 4.79 Å². The van der Waals surface area contributed by atoms with E-state index in [1.807, 2.05) is 6.07 Å². The van der Waals surface area contributed by atoms with Gasteiger partial charge in [0.1, 0.15) is 5.15 Å². The summed E-state index contributed by atoms with van der Waals surface area (Å²) in [5, 5.41) is 0.337. The quantitative estimate of drug-likeness (QED) is 0.746. The SMILES string of the molecule is O=C(c1cccnc1Cl)N(C1CCCCC1)C1CCCCC1. The molecule has 1 aromatic heterocycles. The van der Waals surface area contributed by atoms with Gasteiger partial charge in [0.05, 0.1) is 5.56 Å². The minimum Gasteiger partial charge on any atom is -0.333 e. The summed E-state index contributed by atoms with van der Waals surface area (Å²) in [6.07, 6.45) is 13.8. The lowest BCUT2D eigenvalue weighted by Gasteiger charge is -2.41. The molecule has 1 aromatic rings. The van der Waals surface area contributed by atoms with Crippen molar-refractivity contribution in [2.45, 2.75) is 76.3 Å². The Bertz CT molecular complexity index is 490. The van der Waals surface area contributed by atoms with E-state index in [9.17, 15) is 4.79 Å². The maximum Gasteiger partial charge on any atom is 0.257 e. The average molecular weight is 321 g/mol. The molecular formula is C18H25ClN2O. The van der Waals surface area contributed by atoms with Crippen LogP contribution < -0.4 is 0 Å². The van der Waals surface area contributed by atoms with E-state index in [0.29, 0.717) is 22.8 Å². The Labute approximate surface area is 138 Å². The van der Waals surface area contributed by atoms with Gasteiger partial charge in [0.25, 0.3) is 5.91 Å². The highest BCUT2D eigenvalue weighted by molar-refractivity contribution is 6.32. The summed E-state index contributed by atoms with van der Waals surface area (Å²) in [6.45, 7) is 0. The lowest BCUT2D eigenvalue weighted by molar-refractivity contribution is 0.0448. The molecule has 2 fully saturated rings. The molecule has 1 heterocycles. The van der Waals surface area contributed by atoms with E-state index in [1.54, 1.807) is 12.3 Å². The number of amides is 1. The zero-order valence-corrected chi connectivity index (χ0v) is 13.9. The van der Waals surface area contributed by atoms with Gasteiger partial charge >= 0.3 is 0 Å². The average Bonchev–Trinajstić information content (AvgIpc) is 2.57. The molecule has 0 spiro atoms.